The van der Waals surface area contributed by atoms with E-state index < -0.39 is 0 Å². The van der Waals surface area contributed by atoms with Gasteiger partial charge in [0.1, 0.15) is 0 Å². The highest BCUT2D eigenvalue weighted by molar-refractivity contribution is 5.40. The molecule has 0 fully saturated rings. The van der Waals surface area contributed by atoms with Crippen molar-refractivity contribution in [2.75, 3.05) is 0 Å². The van der Waals surface area contributed by atoms with Crippen molar-refractivity contribution >= 4 is 0 Å². The van der Waals surface area contributed by atoms with Gasteiger partial charge in [-0.3, -0.25) is 11.3 Å². The summed E-state index contributed by atoms with van der Waals surface area (Å²) in [5.74, 6) is 6.30. The number of hydrogen-bond donors (Lipinski definition) is 2. The van der Waals surface area contributed by atoms with Crippen LogP contribution < -0.4 is 11.3 Å². The van der Waals surface area contributed by atoms with Gasteiger partial charge >= 0.3 is 0 Å². The number of benzene rings is 1. The summed E-state index contributed by atoms with van der Waals surface area (Å²) < 4.78 is 2.02. The second kappa shape index (κ2) is 4.55. The molecular weight excluding hydrogens is 224 g/mol. The SMILES string of the molecule is Cn1cncc1C(CC1Cc2ccccc21)NN. The summed E-state index contributed by atoms with van der Waals surface area (Å²) in [7, 11) is 2.00. The number of nitrogens with zero attached hydrogens (tertiary/aromatic N) is 2. The number of aromatic nitrogens is 2. The maximum atomic E-state index is 5.69. The van der Waals surface area contributed by atoms with Gasteiger partial charge in [-0.1, -0.05) is 24.3 Å². The Morgan fingerprint density at radius 1 is 1.50 bits per heavy atom. The second-order valence-electron chi connectivity index (χ2n) is 4.98. The third kappa shape index (κ3) is 1.83. The van der Waals surface area contributed by atoms with E-state index in [9.17, 15) is 0 Å². The van der Waals surface area contributed by atoms with Crippen LogP contribution in [0.25, 0.3) is 0 Å². The molecule has 2 aromatic rings. The van der Waals surface area contributed by atoms with Gasteiger partial charge in [0.15, 0.2) is 0 Å². The molecule has 0 saturated carbocycles. The first-order valence-corrected chi connectivity index (χ1v) is 6.29. The molecule has 94 valence electrons. The molecule has 4 heteroatoms. The Bertz CT molecular complexity index is 546. The van der Waals surface area contributed by atoms with Crippen LogP contribution >= 0.6 is 0 Å². The first kappa shape index (κ1) is 11.4. The van der Waals surface area contributed by atoms with Crippen LogP contribution in [0.3, 0.4) is 0 Å². The smallest absolute Gasteiger partial charge is 0.0946 e. The average Bonchev–Trinajstić information content (AvgIpc) is 2.77. The summed E-state index contributed by atoms with van der Waals surface area (Å²) in [6.45, 7) is 0. The van der Waals surface area contributed by atoms with Gasteiger partial charge in [0.25, 0.3) is 0 Å². The van der Waals surface area contributed by atoms with Crippen LogP contribution in [0.15, 0.2) is 36.8 Å². The number of imidazole rings is 1. The molecule has 0 bridgehead atoms. The molecule has 0 radical (unpaired) electrons. The van der Waals surface area contributed by atoms with Gasteiger partial charge in [-0.15, -0.1) is 0 Å². The molecule has 1 aliphatic rings. The van der Waals surface area contributed by atoms with Crippen molar-refractivity contribution in [2.24, 2.45) is 12.9 Å². The fourth-order valence-electron chi connectivity index (χ4n) is 2.83. The molecule has 1 heterocycles. The van der Waals surface area contributed by atoms with Crippen molar-refractivity contribution in [1.82, 2.24) is 15.0 Å². The lowest BCUT2D eigenvalue weighted by atomic mass is 9.74. The van der Waals surface area contributed by atoms with Crippen LogP contribution in [0.5, 0.6) is 0 Å². The van der Waals surface area contributed by atoms with Crippen LogP contribution in [0.2, 0.25) is 0 Å². The Morgan fingerprint density at radius 3 is 3.00 bits per heavy atom. The monoisotopic (exact) mass is 242 g/mol. The zero-order chi connectivity index (χ0) is 12.5. The summed E-state index contributed by atoms with van der Waals surface area (Å²) in [5, 5.41) is 0. The molecule has 3 N–H and O–H groups in total. The topological polar surface area (TPSA) is 55.9 Å². The molecule has 0 aliphatic heterocycles. The molecule has 1 aromatic carbocycles. The quantitative estimate of drug-likeness (QED) is 0.633. The standard InChI is InChI=1S/C14H18N4/c1-18-9-16-8-14(18)13(17-15)7-11-6-10-4-2-3-5-12(10)11/h2-5,8-9,11,13,17H,6-7,15H2,1H3. The Kier molecular flexibility index (Phi) is 2.89. The Labute approximate surface area is 107 Å². The molecule has 0 saturated heterocycles. The maximum Gasteiger partial charge on any atom is 0.0946 e. The number of fused-ring (bicyclic) bond motifs is 1. The molecule has 1 aliphatic carbocycles. The van der Waals surface area contributed by atoms with Crippen molar-refractivity contribution in [3.8, 4) is 0 Å². The summed E-state index contributed by atoms with van der Waals surface area (Å²) in [6, 6.07) is 8.81. The van der Waals surface area contributed by atoms with Gasteiger partial charge < -0.3 is 4.57 Å². The van der Waals surface area contributed by atoms with E-state index in [0.29, 0.717) is 5.92 Å². The lowest BCUT2D eigenvalue weighted by molar-refractivity contribution is 0.421. The molecule has 3 rings (SSSR count). The fraction of sp³-hybridized carbons (Fsp3) is 0.357. The minimum absolute atomic E-state index is 0.163. The van der Waals surface area contributed by atoms with Crippen LogP contribution in [-0.4, -0.2) is 9.55 Å². The summed E-state index contributed by atoms with van der Waals surface area (Å²) in [5.41, 5.74) is 7.00. The normalized spacial score (nSPS) is 19.1. The van der Waals surface area contributed by atoms with E-state index in [1.54, 1.807) is 0 Å². The highest BCUT2D eigenvalue weighted by Gasteiger charge is 2.29. The number of nitrogens with two attached hydrogens (primary N) is 1. The van der Waals surface area contributed by atoms with E-state index in [-0.39, 0.29) is 6.04 Å². The first-order valence-electron chi connectivity index (χ1n) is 6.29. The van der Waals surface area contributed by atoms with Crippen LogP contribution in [0, 0.1) is 0 Å². The first-order chi connectivity index (χ1) is 8.79. The molecule has 0 amide bonds. The van der Waals surface area contributed by atoms with Gasteiger partial charge in [-0.2, -0.15) is 0 Å². The van der Waals surface area contributed by atoms with Crippen LogP contribution in [-0.2, 0) is 13.5 Å². The number of nitrogens with one attached hydrogen (secondary N) is 1. The Balaban J connectivity index is 1.76. The molecule has 2 atom stereocenters. The lowest BCUT2D eigenvalue weighted by Crippen LogP contribution is -2.32. The van der Waals surface area contributed by atoms with E-state index in [2.05, 4.69) is 34.7 Å². The highest BCUT2D eigenvalue weighted by atomic mass is 15.2. The van der Waals surface area contributed by atoms with E-state index in [4.69, 9.17) is 5.84 Å². The second-order valence-corrected chi connectivity index (χ2v) is 4.98. The van der Waals surface area contributed by atoms with E-state index in [1.807, 2.05) is 24.1 Å². The van der Waals surface area contributed by atoms with Gasteiger partial charge in [0.2, 0.25) is 0 Å². The predicted octanol–water partition coefficient (Wildman–Crippen LogP) is 1.65. The minimum Gasteiger partial charge on any atom is -0.336 e. The molecule has 18 heavy (non-hydrogen) atoms. The van der Waals surface area contributed by atoms with Crippen molar-refractivity contribution in [1.29, 1.82) is 0 Å². The Morgan fingerprint density at radius 2 is 2.33 bits per heavy atom. The van der Waals surface area contributed by atoms with Crippen molar-refractivity contribution in [3.05, 3.63) is 53.6 Å². The molecule has 4 nitrogen and oxygen atoms in total. The third-order valence-electron chi connectivity index (χ3n) is 3.89. The van der Waals surface area contributed by atoms with E-state index >= 15 is 0 Å². The zero-order valence-electron chi connectivity index (χ0n) is 10.5. The van der Waals surface area contributed by atoms with Crippen molar-refractivity contribution in [2.45, 2.75) is 24.8 Å². The van der Waals surface area contributed by atoms with Gasteiger partial charge in [0.05, 0.1) is 18.1 Å². The predicted molar refractivity (Wildman–Crippen MR) is 70.8 cm³/mol. The summed E-state index contributed by atoms with van der Waals surface area (Å²) in [6.07, 6.45) is 5.88. The van der Waals surface area contributed by atoms with Gasteiger partial charge in [-0.05, 0) is 29.9 Å². The largest absolute Gasteiger partial charge is 0.336 e. The van der Waals surface area contributed by atoms with E-state index in [0.717, 1.165) is 18.5 Å². The molecule has 1 aromatic heterocycles. The number of aryl methyl sites for hydroxylation is 1. The van der Waals surface area contributed by atoms with E-state index in [1.165, 1.54) is 11.1 Å². The van der Waals surface area contributed by atoms with Crippen molar-refractivity contribution < 1.29 is 0 Å². The molecule has 2 unspecified atom stereocenters. The fourth-order valence-corrected chi connectivity index (χ4v) is 2.83. The summed E-state index contributed by atoms with van der Waals surface area (Å²) >= 11 is 0. The average molecular weight is 242 g/mol. The maximum absolute atomic E-state index is 5.69. The molecule has 0 spiro atoms. The third-order valence-corrected chi connectivity index (χ3v) is 3.89. The zero-order valence-corrected chi connectivity index (χ0v) is 10.5. The molecular formula is C14H18N4. The summed E-state index contributed by atoms with van der Waals surface area (Å²) in [4.78, 5) is 4.15. The highest BCUT2D eigenvalue weighted by Crippen LogP contribution is 2.40. The Hall–Kier alpha value is -1.65. The number of hydrazine groups is 1. The number of hydrogen-bond acceptors (Lipinski definition) is 3. The number of rotatable bonds is 4. The lowest BCUT2D eigenvalue weighted by Gasteiger charge is -2.32. The van der Waals surface area contributed by atoms with Crippen molar-refractivity contribution in [3.63, 3.8) is 0 Å². The minimum atomic E-state index is 0.163. The van der Waals surface area contributed by atoms with Gasteiger partial charge in [-0.25, -0.2) is 4.98 Å². The van der Waals surface area contributed by atoms with Gasteiger partial charge in [0, 0.05) is 13.2 Å². The van der Waals surface area contributed by atoms with Crippen LogP contribution in [0.1, 0.15) is 35.2 Å². The van der Waals surface area contributed by atoms with Crippen LogP contribution in [0.4, 0.5) is 0 Å².